The first-order valence-corrected chi connectivity index (χ1v) is 6.72. The van der Waals surface area contributed by atoms with Crippen LogP contribution in [0.4, 0.5) is 0 Å². The van der Waals surface area contributed by atoms with Crippen molar-refractivity contribution in [2.75, 3.05) is 7.11 Å². The number of rotatable bonds is 5. The number of nitrogens with two attached hydrogens (primary N) is 1. The molecule has 0 saturated carbocycles. The fraction of sp³-hybridized carbons (Fsp3) is 0.357. The number of hydrogen-bond acceptors (Lipinski definition) is 4. The molecule has 0 saturated heterocycles. The number of aryl methyl sites for hydroxylation is 2. The van der Waals surface area contributed by atoms with Gasteiger partial charge in [-0.2, -0.15) is 5.10 Å². The Morgan fingerprint density at radius 2 is 2.20 bits per heavy atom. The van der Waals surface area contributed by atoms with Gasteiger partial charge in [-0.15, -0.1) is 0 Å². The van der Waals surface area contributed by atoms with Crippen LogP contribution in [0.2, 0.25) is 5.02 Å². The minimum atomic E-state index is -0.0987. The molecular weight excluding hydrogens is 276 g/mol. The zero-order chi connectivity index (χ0) is 14.7. The van der Waals surface area contributed by atoms with Crippen molar-refractivity contribution in [1.29, 1.82) is 0 Å². The number of aromatic nitrogens is 2. The highest BCUT2D eigenvalue weighted by molar-refractivity contribution is 6.30. The van der Waals surface area contributed by atoms with Gasteiger partial charge in [0.25, 0.3) is 0 Å². The molecular formula is C14H19ClN4O. The number of nitrogens with zero attached hydrogens (tertiary/aromatic N) is 2. The summed E-state index contributed by atoms with van der Waals surface area (Å²) < 4.78 is 7.24. The van der Waals surface area contributed by atoms with E-state index in [1.807, 2.05) is 36.9 Å². The molecule has 1 aromatic carbocycles. The van der Waals surface area contributed by atoms with Gasteiger partial charge in [-0.05, 0) is 31.2 Å². The Morgan fingerprint density at radius 1 is 1.45 bits per heavy atom. The Hall–Kier alpha value is -1.56. The number of hydrazine groups is 1. The molecule has 1 unspecified atom stereocenters. The molecule has 0 aliphatic heterocycles. The van der Waals surface area contributed by atoms with Gasteiger partial charge in [0, 0.05) is 29.7 Å². The second kappa shape index (κ2) is 6.26. The monoisotopic (exact) mass is 294 g/mol. The van der Waals surface area contributed by atoms with Gasteiger partial charge in [-0.25, -0.2) is 0 Å². The van der Waals surface area contributed by atoms with Crippen molar-refractivity contribution in [3.8, 4) is 5.75 Å². The SMILES string of the molecule is COc1ccc(Cl)cc1C(Cc1cc(C)nn1C)NN. The molecule has 0 fully saturated rings. The molecule has 2 aromatic rings. The summed E-state index contributed by atoms with van der Waals surface area (Å²) in [6.07, 6.45) is 0.699. The van der Waals surface area contributed by atoms with Crippen molar-refractivity contribution in [2.24, 2.45) is 12.9 Å². The molecule has 108 valence electrons. The van der Waals surface area contributed by atoms with E-state index in [9.17, 15) is 0 Å². The van der Waals surface area contributed by atoms with Crippen LogP contribution in [0.3, 0.4) is 0 Å². The van der Waals surface area contributed by atoms with Gasteiger partial charge in [0.1, 0.15) is 5.75 Å². The number of nitrogens with one attached hydrogen (secondary N) is 1. The Bertz CT molecular complexity index is 597. The van der Waals surface area contributed by atoms with Crippen LogP contribution in [-0.4, -0.2) is 16.9 Å². The van der Waals surface area contributed by atoms with Gasteiger partial charge in [-0.3, -0.25) is 16.0 Å². The van der Waals surface area contributed by atoms with Crippen molar-refractivity contribution >= 4 is 11.6 Å². The summed E-state index contributed by atoms with van der Waals surface area (Å²) >= 11 is 6.07. The third kappa shape index (κ3) is 3.12. The largest absolute Gasteiger partial charge is 0.496 e. The molecule has 0 aliphatic rings. The maximum atomic E-state index is 6.07. The van der Waals surface area contributed by atoms with E-state index in [4.69, 9.17) is 22.2 Å². The van der Waals surface area contributed by atoms with Crippen LogP contribution >= 0.6 is 11.6 Å². The first-order valence-electron chi connectivity index (χ1n) is 6.34. The molecule has 0 radical (unpaired) electrons. The van der Waals surface area contributed by atoms with Crippen LogP contribution in [0.5, 0.6) is 5.75 Å². The average molecular weight is 295 g/mol. The van der Waals surface area contributed by atoms with E-state index in [0.717, 1.165) is 22.7 Å². The van der Waals surface area contributed by atoms with Gasteiger partial charge < -0.3 is 4.74 Å². The summed E-state index contributed by atoms with van der Waals surface area (Å²) in [5.74, 6) is 6.47. The summed E-state index contributed by atoms with van der Waals surface area (Å²) in [4.78, 5) is 0. The van der Waals surface area contributed by atoms with E-state index < -0.39 is 0 Å². The van der Waals surface area contributed by atoms with E-state index in [-0.39, 0.29) is 6.04 Å². The van der Waals surface area contributed by atoms with Crippen LogP contribution in [0.25, 0.3) is 0 Å². The molecule has 0 aliphatic carbocycles. The van der Waals surface area contributed by atoms with E-state index in [2.05, 4.69) is 10.5 Å². The lowest BCUT2D eigenvalue weighted by Gasteiger charge is -2.19. The molecule has 0 bridgehead atoms. The lowest BCUT2D eigenvalue weighted by molar-refractivity contribution is 0.398. The predicted octanol–water partition coefficient (Wildman–Crippen LogP) is 2.14. The van der Waals surface area contributed by atoms with Gasteiger partial charge in [0.05, 0.1) is 18.8 Å². The van der Waals surface area contributed by atoms with Crippen LogP contribution in [0.1, 0.15) is 23.0 Å². The van der Waals surface area contributed by atoms with Crippen LogP contribution in [0, 0.1) is 6.92 Å². The zero-order valence-corrected chi connectivity index (χ0v) is 12.6. The Balaban J connectivity index is 2.33. The van der Waals surface area contributed by atoms with E-state index in [1.54, 1.807) is 13.2 Å². The summed E-state index contributed by atoms with van der Waals surface area (Å²) in [7, 11) is 3.56. The van der Waals surface area contributed by atoms with Crippen LogP contribution < -0.4 is 16.0 Å². The summed E-state index contributed by atoms with van der Waals surface area (Å²) in [6, 6.07) is 7.45. The maximum Gasteiger partial charge on any atom is 0.123 e. The van der Waals surface area contributed by atoms with E-state index >= 15 is 0 Å². The number of ether oxygens (including phenoxy) is 1. The number of halogens is 1. The first-order chi connectivity index (χ1) is 9.55. The summed E-state index contributed by atoms with van der Waals surface area (Å²) in [5, 5.41) is 5.00. The molecule has 1 aromatic heterocycles. The maximum absolute atomic E-state index is 6.07. The average Bonchev–Trinajstić information content (AvgIpc) is 2.74. The molecule has 6 heteroatoms. The molecule has 1 atom stereocenters. The fourth-order valence-corrected chi connectivity index (χ4v) is 2.48. The number of methoxy groups -OCH3 is 1. The molecule has 1 heterocycles. The molecule has 5 nitrogen and oxygen atoms in total. The second-order valence-electron chi connectivity index (χ2n) is 4.71. The summed E-state index contributed by atoms with van der Waals surface area (Å²) in [6.45, 7) is 1.97. The number of benzene rings is 1. The fourth-order valence-electron chi connectivity index (χ4n) is 2.30. The molecule has 20 heavy (non-hydrogen) atoms. The third-order valence-electron chi connectivity index (χ3n) is 3.28. The lowest BCUT2D eigenvalue weighted by Crippen LogP contribution is -2.30. The van der Waals surface area contributed by atoms with Gasteiger partial charge in [0.15, 0.2) is 0 Å². The molecule has 0 spiro atoms. The highest BCUT2D eigenvalue weighted by Gasteiger charge is 2.18. The highest BCUT2D eigenvalue weighted by atomic mass is 35.5. The summed E-state index contributed by atoms with van der Waals surface area (Å²) in [5.41, 5.74) is 5.83. The third-order valence-corrected chi connectivity index (χ3v) is 3.52. The smallest absolute Gasteiger partial charge is 0.123 e. The first kappa shape index (κ1) is 14.8. The standard InChI is InChI=1S/C14H19ClN4O/c1-9-6-11(19(2)18-9)8-13(17-16)12-7-10(15)4-5-14(12)20-3/h4-7,13,17H,8,16H2,1-3H3. The van der Waals surface area contributed by atoms with Gasteiger partial charge >= 0.3 is 0 Å². The molecule has 3 N–H and O–H groups in total. The Labute approximate surface area is 123 Å². The number of hydrogen-bond donors (Lipinski definition) is 2. The second-order valence-corrected chi connectivity index (χ2v) is 5.15. The molecule has 0 amide bonds. The topological polar surface area (TPSA) is 65.1 Å². The quantitative estimate of drug-likeness (QED) is 0.655. The van der Waals surface area contributed by atoms with Crippen molar-refractivity contribution in [3.05, 3.63) is 46.2 Å². The molecule has 2 rings (SSSR count). The Morgan fingerprint density at radius 3 is 2.75 bits per heavy atom. The van der Waals surface area contributed by atoms with Gasteiger partial charge in [-0.1, -0.05) is 11.6 Å². The van der Waals surface area contributed by atoms with Crippen molar-refractivity contribution < 1.29 is 4.74 Å². The minimum Gasteiger partial charge on any atom is -0.496 e. The lowest BCUT2D eigenvalue weighted by atomic mass is 10.0. The van der Waals surface area contributed by atoms with Crippen LogP contribution in [0.15, 0.2) is 24.3 Å². The normalized spacial score (nSPS) is 12.4. The van der Waals surface area contributed by atoms with Crippen LogP contribution in [-0.2, 0) is 13.5 Å². The van der Waals surface area contributed by atoms with Crippen molar-refractivity contribution in [3.63, 3.8) is 0 Å². The van der Waals surface area contributed by atoms with E-state index in [0.29, 0.717) is 11.4 Å². The van der Waals surface area contributed by atoms with Crippen molar-refractivity contribution in [1.82, 2.24) is 15.2 Å². The van der Waals surface area contributed by atoms with Crippen molar-refractivity contribution in [2.45, 2.75) is 19.4 Å². The highest BCUT2D eigenvalue weighted by Crippen LogP contribution is 2.30. The Kier molecular flexibility index (Phi) is 4.65. The predicted molar refractivity (Wildman–Crippen MR) is 79.7 cm³/mol. The zero-order valence-electron chi connectivity index (χ0n) is 11.9. The van der Waals surface area contributed by atoms with Gasteiger partial charge in [0.2, 0.25) is 0 Å². The minimum absolute atomic E-state index is 0.0987. The van der Waals surface area contributed by atoms with E-state index in [1.165, 1.54) is 0 Å².